The number of nitrogens with zero attached hydrogens (tertiary/aromatic N) is 1. The van der Waals surface area contributed by atoms with Crippen molar-refractivity contribution in [3.05, 3.63) is 52.7 Å². The Hall–Kier alpha value is -2.63. The molecule has 6 heteroatoms. The Morgan fingerprint density at radius 3 is 2.87 bits per heavy atom. The van der Waals surface area contributed by atoms with Crippen molar-refractivity contribution >= 4 is 11.9 Å². The van der Waals surface area contributed by atoms with Crippen LogP contribution in [0.2, 0.25) is 0 Å². The smallest absolute Gasteiger partial charge is 0.335 e. The van der Waals surface area contributed by atoms with Gasteiger partial charge in [-0.25, -0.2) is 9.78 Å². The molecule has 1 amide bonds. The zero-order valence-corrected chi connectivity index (χ0v) is 12.8. The molecule has 1 saturated carbocycles. The second-order valence-electron chi connectivity index (χ2n) is 5.75. The molecular formula is C17H18N2O4. The summed E-state index contributed by atoms with van der Waals surface area (Å²) in [6.45, 7) is 2.17. The van der Waals surface area contributed by atoms with Crippen molar-refractivity contribution in [1.82, 2.24) is 10.3 Å². The van der Waals surface area contributed by atoms with Crippen LogP contribution in [0.25, 0.3) is 0 Å². The molecule has 0 spiro atoms. The molecule has 3 rings (SSSR count). The molecule has 0 saturated heterocycles. The fourth-order valence-corrected chi connectivity index (χ4v) is 2.39. The summed E-state index contributed by atoms with van der Waals surface area (Å²) in [4.78, 5) is 27.4. The molecule has 0 radical (unpaired) electrons. The number of amides is 1. The lowest BCUT2D eigenvalue weighted by Crippen LogP contribution is -2.26. The number of carboxylic acid groups (broad SMARTS) is 1. The molecule has 1 aliphatic carbocycles. The topological polar surface area (TPSA) is 92.4 Å². The predicted octanol–water partition coefficient (Wildman–Crippen LogP) is 2.53. The number of benzene rings is 1. The molecule has 6 nitrogen and oxygen atoms in total. The molecule has 1 aromatic carbocycles. The highest BCUT2D eigenvalue weighted by Gasteiger charge is 2.30. The third kappa shape index (κ3) is 3.59. The zero-order valence-electron chi connectivity index (χ0n) is 12.8. The molecule has 1 aliphatic rings. The van der Waals surface area contributed by atoms with Gasteiger partial charge in [-0.2, -0.15) is 0 Å². The molecule has 2 N–H and O–H groups in total. The number of aromatic nitrogens is 1. The Bertz CT molecular complexity index is 747. The monoisotopic (exact) mass is 314 g/mol. The standard InChI is InChI=1S/C17H18N2O4/c1-10-14(23-16(19-10)12-5-6-12)15(20)18-8-7-11-3-2-4-13(9-11)17(21)22/h2-4,9,12H,5-8H2,1H3,(H,18,20)(H,21,22). The van der Waals surface area contributed by atoms with Crippen molar-refractivity contribution in [3.63, 3.8) is 0 Å². The fourth-order valence-electron chi connectivity index (χ4n) is 2.39. The fraction of sp³-hybridized carbons (Fsp3) is 0.353. The molecule has 0 unspecified atom stereocenters. The van der Waals surface area contributed by atoms with E-state index >= 15 is 0 Å². The van der Waals surface area contributed by atoms with Gasteiger partial charge in [0, 0.05) is 12.5 Å². The lowest BCUT2D eigenvalue weighted by molar-refractivity contribution is 0.0696. The van der Waals surface area contributed by atoms with E-state index in [1.54, 1.807) is 25.1 Å². The van der Waals surface area contributed by atoms with E-state index in [0.29, 0.717) is 30.5 Å². The van der Waals surface area contributed by atoms with Crippen LogP contribution in [0.1, 0.15) is 56.8 Å². The van der Waals surface area contributed by atoms with Gasteiger partial charge >= 0.3 is 5.97 Å². The van der Waals surface area contributed by atoms with E-state index in [0.717, 1.165) is 18.4 Å². The van der Waals surface area contributed by atoms with Gasteiger partial charge in [0.2, 0.25) is 5.76 Å². The average Bonchev–Trinajstić information content (AvgIpc) is 3.30. The highest BCUT2D eigenvalue weighted by Crippen LogP contribution is 2.39. The summed E-state index contributed by atoms with van der Waals surface area (Å²) in [5.41, 5.74) is 1.71. The molecule has 1 aromatic heterocycles. The number of carboxylic acids is 1. The summed E-state index contributed by atoms with van der Waals surface area (Å²) in [7, 11) is 0. The van der Waals surface area contributed by atoms with Gasteiger partial charge in [0.25, 0.3) is 5.91 Å². The van der Waals surface area contributed by atoms with Crippen LogP contribution >= 0.6 is 0 Å². The van der Waals surface area contributed by atoms with Crippen LogP contribution in [0.4, 0.5) is 0 Å². The van der Waals surface area contributed by atoms with Crippen molar-refractivity contribution in [3.8, 4) is 0 Å². The van der Waals surface area contributed by atoms with Gasteiger partial charge in [-0.05, 0) is 43.9 Å². The number of nitrogens with one attached hydrogen (secondary N) is 1. The predicted molar refractivity (Wildman–Crippen MR) is 82.7 cm³/mol. The second-order valence-corrected chi connectivity index (χ2v) is 5.75. The first-order valence-corrected chi connectivity index (χ1v) is 7.62. The molecule has 1 heterocycles. The van der Waals surface area contributed by atoms with Gasteiger partial charge in [-0.3, -0.25) is 4.79 Å². The maximum absolute atomic E-state index is 12.1. The van der Waals surface area contributed by atoms with Gasteiger partial charge in [0.05, 0.1) is 11.3 Å². The van der Waals surface area contributed by atoms with E-state index in [1.807, 2.05) is 6.07 Å². The van der Waals surface area contributed by atoms with Gasteiger partial charge in [-0.1, -0.05) is 12.1 Å². The van der Waals surface area contributed by atoms with Crippen molar-refractivity contribution in [1.29, 1.82) is 0 Å². The third-order valence-corrected chi connectivity index (χ3v) is 3.82. The minimum atomic E-state index is -0.958. The summed E-state index contributed by atoms with van der Waals surface area (Å²) in [5, 5.41) is 11.8. The summed E-state index contributed by atoms with van der Waals surface area (Å²) >= 11 is 0. The Morgan fingerprint density at radius 1 is 1.39 bits per heavy atom. The van der Waals surface area contributed by atoms with Gasteiger partial charge < -0.3 is 14.8 Å². The lowest BCUT2D eigenvalue weighted by atomic mass is 10.1. The van der Waals surface area contributed by atoms with Crippen LogP contribution in [-0.2, 0) is 6.42 Å². The summed E-state index contributed by atoms with van der Waals surface area (Å²) in [6.07, 6.45) is 2.69. The third-order valence-electron chi connectivity index (χ3n) is 3.82. The highest BCUT2D eigenvalue weighted by atomic mass is 16.4. The first-order chi connectivity index (χ1) is 11.0. The first-order valence-electron chi connectivity index (χ1n) is 7.62. The number of carbonyl (C=O) groups excluding carboxylic acids is 1. The maximum atomic E-state index is 12.1. The van der Waals surface area contributed by atoms with Crippen molar-refractivity contribution < 1.29 is 19.1 Å². The molecular weight excluding hydrogens is 296 g/mol. The van der Waals surface area contributed by atoms with E-state index in [2.05, 4.69) is 10.3 Å². The van der Waals surface area contributed by atoms with Gasteiger partial charge in [0.15, 0.2) is 5.89 Å². The maximum Gasteiger partial charge on any atom is 0.335 e. The minimum Gasteiger partial charge on any atom is -0.478 e. The summed E-state index contributed by atoms with van der Waals surface area (Å²) in [6, 6.07) is 6.69. The van der Waals surface area contributed by atoms with Crippen LogP contribution in [0.5, 0.6) is 0 Å². The molecule has 2 aromatic rings. The van der Waals surface area contributed by atoms with E-state index in [-0.39, 0.29) is 17.2 Å². The van der Waals surface area contributed by atoms with Crippen LogP contribution in [0, 0.1) is 6.92 Å². The average molecular weight is 314 g/mol. The van der Waals surface area contributed by atoms with Crippen molar-refractivity contribution in [2.45, 2.75) is 32.1 Å². The normalized spacial score (nSPS) is 13.8. The Morgan fingerprint density at radius 2 is 2.17 bits per heavy atom. The van der Waals surface area contributed by atoms with Gasteiger partial charge in [0.1, 0.15) is 0 Å². The van der Waals surface area contributed by atoms with E-state index in [9.17, 15) is 9.59 Å². The molecule has 0 aliphatic heterocycles. The van der Waals surface area contributed by atoms with E-state index in [4.69, 9.17) is 9.52 Å². The second kappa shape index (κ2) is 6.24. The number of oxazole rings is 1. The summed E-state index contributed by atoms with van der Waals surface area (Å²) in [5.74, 6) is 0.0547. The van der Waals surface area contributed by atoms with Crippen LogP contribution in [0.3, 0.4) is 0 Å². The number of aryl methyl sites for hydroxylation is 1. The number of hydrogen-bond donors (Lipinski definition) is 2. The summed E-state index contributed by atoms with van der Waals surface area (Å²) < 4.78 is 5.55. The quantitative estimate of drug-likeness (QED) is 0.854. The van der Waals surface area contributed by atoms with Crippen LogP contribution in [0.15, 0.2) is 28.7 Å². The number of aromatic carboxylic acids is 1. The van der Waals surface area contributed by atoms with Crippen LogP contribution < -0.4 is 5.32 Å². The number of hydrogen-bond acceptors (Lipinski definition) is 4. The molecule has 0 atom stereocenters. The van der Waals surface area contributed by atoms with Crippen molar-refractivity contribution in [2.75, 3.05) is 6.54 Å². The SMILES string of the molecule is Cc1nc(C2CC2)oc1C(=O)NCCc1cccc(C(=O)O)c1. The van der Waals surface area contributed by atoms with E-state index in [1.165, 1.54) is 0 Å². The first kappa shape index (κ1) is 15.3. The Kier molecular flexibility index (Phi) is 4.14. The largest absolute Gasteiger partial charge is 0.478 e. The van der Waals surface area contributed by atoms with Gasteiger partial charge in [-0.15, -0.1) is 0 Å². The van der Waals surface area contributed by atoms with Crippen molar-refractivity contribution in [2.24, 2.45) is 0 Å². The van der Waals surface area contributed by atoms with Crippen LogP contribution in [-0.4, -0.2) is 28.5 Å². The molecule has 120 valence electrons. The number of rotatable bonds is 6. The molecule has 1 fully saturated rings. The molecule has 0 bridgehead atoms. The Balaban J connectivity index is 1.57. The van der Waals surface area contributed by atoms with E-state index < -0.39 is 5.97 Å². The highest BCUT2D eigenvalue weighted by molar-refractivity contribution is 5.92. The lowest BCUT2D eigenvalue weighted by Gasteiger charge is -2.05. The zero-order chi connectivity index (χ0) is 16.4. The minimum absolute atomic E-state index is 0.244. The molecule has 23 heavy (non-hydrogen) atoms. The Labute approximate surface area is 133 Å². The number of carbonyl (C=O) groups is 2.